The van der Waals surface area contributed by atoms with Gasteiger partial charge in [0.2, 0.25) is 0 Å². The van der Waals surface area contributed by atoms with E-state index in [1.807, 2.05) is 42.5 Å². The molecular formula is C23H18BrN3O4. The van der Waals surface area contributed by atoms with Gasteiger partial charge in [0.1, 0.15) is 5.65 Å². The molecule has 4 aromatic rings. The van der Waals surface area contributed by atoms with Crippen LogP contribution in [0.25, 0.3) is 22.2 Å². The molecule has 0 saturated carbocycles. The van der Waals surface area contributed by atoms with Crippen molar-refractivity contribution >= 4 is 27.0 Å². The summed E-state index contributed by atoms with van der Waals surface area (Å²) in [7, 11) is 0. The summed E-state index contributed by atoms with van der Waals surface area (Å²) in [5.41, 5.74) is 1.79. The Kier molecular flexibility index (Phi) is 5.07. The largest absolute Gasteiger partial charge is 0.490 e. The summed E-state index contributed by atoms with van der Waals surface area (Å²) >= 11 is 3.43. The van der Waals surface area contributed by atoms with Crippen LogP contribution in [-0.4, -0.2) is 27.7 Å². The zero-order valence-corrected chi connectivity index (χ0v) is 18.0. The van der Waals surface area contributed by atoms with E-state index in [2.05, 4.69) is 25.9 Å². The highest BCUT2D eigenvalue weighted by atomic mass is 79.9. The molecule has 0 spiro atoms. The maximum absolute atomic E-state index is 12.7. The first kappa shape index (κ1) is 19.6. The second-order valence-electron chi connectivity index (χ2n) is 7.24. The summed E-state index contributed by atoms with van der Waals surface area (Å²) in [5, 5.41) is 0.374. The van der Waals surface area contributed by atoms with Gasteiger partial charge in [0, 0.05) is 17.1 Å². The number of fused-ring (bicyclic) bond motifs is 2. The highest BCUT2D eigenvalue weighted by Gasteiger charge is 2.16. The zero-order chi connectivity index (χ0) is 21.4. The van der Waals surface area contributed by atoms with Gasteiger partial charge in [0.15, 0.2) is 11.5 Å². The predicted octanol–water partition coefficient (Wildman–Crippen LogP) is 3.72. The second kappa shape index (κ2) is 8.03. The van der Waals surface area contributed by atoms with Crippen LogP contribution in [0.5, 0.6) is 11.5 Å². The van der Waals surface area contributed by atoms with Gasteiger partial charge in [-0.3, -0.25) is 14.3 Å². The van der Waals surface area contributed by atoms with Crippen LogP contribution in [0.3, 0.4) is 0 Å². The molecule has 0 unspecified atom stereocenters. The maximum Gasteiger partial charge on any atom is 0.330 e. The van der Waals surface area contributed by atoms with E-state index in [9.17, 15) is 9.59 Å². The quantitative estimate of drug-likeness (QED) is 0.483. The molecule has 8 heteroatoms. The molecule has 2 aromatic heterocycles. The summed E-state index contributed by atoms with van der Waals surface area (Å²) in [4.78, 5) is 32.3. The third-order valence-electron chi connectivity index (χ3n) is 5.19. The number of nitrogens with zero attached hydrogens (tertiary/aromatic N) is 2. The van der Waals surface area contributed by atoms with E-state index < -0.39 is 11.2 Å². The van der Waals surface area contributed by atoms with Crippen molar-refractivity contribution in [1.29, 1.82) is 0 Å². The Morgan fingerprint density at radius 2 is 1.77 bits per heavy atom. The SMILES string of the molecule is O=c1[nH]c(=O)n(Cc2ccc3c(c2)OCCCO3)c2nccc(-c3ccc(Br)cc3)c12. The van der Waals surface area contributed by atoms with Gasteiger partial charge < -0.3 is 9.47 Å². The van der Waals surface area contributed by atoms with E-state index in [0.29, 0.717) is 41.3 Å². The van der Waals surface area contributed by atoms with Gasteiger partial charge in [0.05, 0.1) is 25.1 Å². The molecule has 0 bridgehead atoms. The van der Waals surface area contributed by atoms with Crippen molar-refractivity contribution in [1.82, 2.24) is 14.5 Å². The van der Waals surface area contributed by atoms with E-state index >= 15 is 0 Å². The number of rotatable bonds is 3. The standard InChI is InChI=1S/C23H18BrN3O4/c24-16-5-3-15(4-6-16)17-8-9-25-21-20(17)22(28)26-23(29)27(21)13-14-2-7-18-19(12-14)31-11-1-10-30-18/h2-9,12H,1,10-11,13H2,(H,26,28,29). The Labute approximate surface area is 185 Å². The van der Waals surface area contributed by atoms with Crippen LogP contribution in [0.15, 0.2) is 68.8 Å². The normalized spacial score (nSPS) is 13.2. The molecule has 0 atom stereocenters. The fourth-order valence-electron chi connectivity index (χ4n) is 3.71. The Hall–Kier alpha value is -3.39. The average molecular weight is 480 g/mol. The highest BCUT2D eigenvalue weighted by Crippen LogP contribution is 2.31. The predicted molar refractivity (Wildman–Crippen MR) is 121 cm³/mol. The fraction of sp³-hybridized carbons (Fsp3) is 0.174. The molecule has 1 aliphatic heterocycles. The number of pyridine rings is 1. The van der Waals surface area contributed by atoms with E-state index in [-0.39, 0.29) is 6.54 Å². The smallest absolute Gasteiger partial charge is 0.330 e. The number of nitrogens with one attached hydrogen (secondary N) is 1. The number of aromatic amines is 1. The third kappa shape index (κ3) is 3.74. The zero-order valence-electron chi connectivity index (χ0n) is 16.4. The van der Waals surface area contributed by atoms with Gasteiger partial charge in [-0.1, -0.05) is 34.1 Å². The van der Waals surface area contributed by atoms with Crippen molar-refractivity contribution in [2.45, 2.75) is 13.0 Å². The molecule has 31 heavy (non-hydrogen) atoms. The monoisotopic (exact) mass is 479 g/mol. The minimum atomic E-state index is -0.509. The summed E-state index contributed by atoms with van der Waals surface area (Å²) in [6, 6.07) is 15.0. The van der Waals surface area contributed by atoms with Crippen LogP contribution in [-0.2, 0) is 6.54 Å². The van der Waals surface area contributed by atoms with Crippen LogP contribution in [0, 0.1) is 0 Å². The lowest BCUT2D eigenvalue weighted by molar-refractivity contribution is 0.297. The van der Waals surface area contributed by atoms with Gasteiger partial charge in [-0.15, -0.1) is 0 Å². The molecule has 1 aliphatic rings. The Balaban J connectivity index is 1.64. The number of halogens is 1. The Morgan fingerprint density at radius 3 is 2.58 bits per heavy atom. The van der Waals surface area contributed by atoms with Crippen LogP contribution >= 0.6 is 15.9 Å². The minimum Gasteiger partial charge on any atom is -0.490 e. The van der Waals surface area contributed by atoms with Crippen LogP contribution in [0.4, 0.5) is 0 Å². The number of H-pyrrole nitrogens is 1. The number of aromatic nitrogens is 3. The second-order valence-corrected chi connectivity index (χ2v) is 8.16. The number of benzene rings is 2. The summed E-state index contributed by atoms with van der Waals surface area (Å²) in [5.74, 6) is 1.34. The van der Waals surface area contributed by atoms with E-state index in [1.54, 1.807) is 12.3 Å². The van der Waals surface area contributed by atoms with Gasteiger partial charge in [-0.05, 0) is 47.0 Å². The molecule has 3 heterocycles. The molecule has 2 aromatic carbocycles. The van der Waals surface area contributed by atoms with Gasteiger partial charge in [-0.2, -0.15) is 0 Å². The summed E-state index contributed by atoms with van der Waals surface area (Å²) in [6.45, 7) is 1.43. The lowest BCUT2D eigenvalue weighted by atomic mass is 10.0. The van der Waals surface area contributed by atoms with Crippen molar-refractivity contribution in [3.63, 3.8) is 0 Å². The Bertz CT molecular complexity index is 1390. The number of hydrogen-bond donors (Lipinski definition) is 1. The van der Waals surface area contributed by atoms with Crippen LogP contribution in [0.1, 0.15) is 12.0 Å². The minimum absolute atomic E-state index is 0.236. The lowest BCUT2D eigenvalue weighted by Gasteiger charge is -2.13. The molecule has 5 rings (SSSR count). The van der Waals surface area contributed by atoms with Gasteiger partial charge in [-0.25, -0.2) is 9.78 Å². The van der Waals surface area contributed by atoms with E-state index in [1.165, 1.54) is 4.57 Å². The molecule has 0 radical (unpaired) electrons. The fourth-order valence-corrected chi connectivity index (χ4v) is 3.97. The summed E-state index contributed by atoms with van der Waals surface area (Å²) in [6.07, 6.45) is 2.43. The van der Waals surface area contributed by atoms with Crippen LogP contribution < -0.4 is 20.7 Å². The van der Waals surface area contributed by atoms with E-state index in [4.69, 9.17) is 9.47 Å². The van der Waals surface area contributed by atoms with Gasteiger partial charge in [0.25, 0.3) is 5.56 Å². The van der Waals surface area contributed by atoms with Gasteiger partial charge >= 0.3 is 5.69 Å². The molecule has 0 amide bonds. The van der Waals surface area contributed by atoms with Crippen molar-refractivity contribution in [3.8, 4) is 22.6 Å². The van der Waals surface area contributed by atoms with Crippen molar-refractivity contribution in [3.05, 3.63) is 85.6 Å². The number of ether oxygens (including phenoxy) is 2. The van der Waals surface area contributed by atoms with E-state index in [0.717, 1.165) is 22.0 Å². The molecule has 0 aliphatic carbocycles. The highest BCUT2D eigenvalue weighted by molar-refractivity contribution is 9.10. The number of hydrogen-bond acceptors (Lipinski definition) is 5. The first-order valence-corrected chi connectivity index (χ1v) is 10.7. The molecular weight excluding hydrogens is 462 g/mol. The molecule has 7 nitrogen and oxygen atoms in total. The first-order valence-electron chi connectivity index (χ1n) is 9.86. The van der Waals surface area contributed by atoms with Crippen molar-refractivity contribution in [2.24, 2.45) is 0 Å². The average Bonchev–Trinajstić information content (AvgIpc) is 3.02. The first-order chi connectivity index (χ1) is 15.1. The maximum atomic E-state index is 12.7. The molecule has 1 N–H and O–H groups in total. The molecule has 0 saturated heterocycles. The lowest BCUT2D eigenvalue weighted by Crippen LogP contribution is -2.31. The Morgan fingerprint density at radius 1 is 1.00 bits per heavy atom. The summed E-state index contributed by atoms with van der Waals surface area (Å²) < 4.78 is 13.9. The topological polar surface area (TPSA) is 86.2 Å². The molecule has 156 valence electrons. The molecule has 0 fully saturated rings. The van der Waals surface area contributed by atoms with Crippen LogP contribution in [0.2, 0.25) is 0 Å². The van der Waals surface area contributed by atoms with Crippen molar-refractivity contribution < 1.29 is 9.47 Å². The third-order valence-corrected chi connectivity index (χ3v) is 5.72. The van der Waals surface area contributed by atoms with Crippen molar-refractivity contribution in [2.75, 3.05) is 13.2 Å².